The molecule has 0 spiro atoms. The molecule has 0 fully saturated rings. The summed E-state index contributed by atoms with van der Waals surface area (Å²) >= 11 is 0. The second-order valence-electron chi connectivity index (χ2n) is 8.99. The summed E-state index contributed by atoms with van der Waals surface area (Å²) in [5, 5.41) is 0. The van der Waals surface area contributed by atoms with E-state index >= 15 is 0 Å². The van der Waals surface area contributed by atoms with Crippen LogP contribution in [0.5, 0.6) is 0 Å². The van der Waals surface area contributed by atoms with Crippen LogP contribution < -0.4 is 5.56 Å². The molecule has 7 heteroatoms. The number of rotatable bonds is 7. The van der Waals surface area contributed by atoms with E-state index in [2.05, 4.69) is 23.2 Å². The minimum atomic E-state index is -4.42. The molecular formula is C30H23F3N2O2. The van der Waals surface area contributed by atoms with E-state index in [0.717, 1.165) is 46.5 Å². The third-order valence-corrected chi connectivity index (χ3v) is 6.51. The highest BCUT2D eigenvalue weighted by atomic mass is 19.4. The number of carbonyl (C=O) groups excluding carboxylic acids is 1. The summed E-state index contributed by atoms with van der Waals surface area (Å²) < 4.78 is 39.8. The number of alkyl halides is 3. The van der Waals surface area contributed by atoms with Crippen LogP contribution >= 0.6 is 0 Å². The van der Waals surface area contributed by atoms with Crippen molar-refractivity contribution in [2.24, 2.45) is 0 Å². The van der Waals surface area contributed by atoms with E-state index in [4.69, 9.17) is 0 Å². The summed E-state index contributed by atoms with van der Waals surface area (Å²) in [5.41, 5.74) is 4.76. The second kappa shape index (κ2) is 10.0. The van der Waals surface area contributed by atoms with Crippen LogP contribution in [0.3, 0.4) is 0 Å². The van der Waals surface area contributed by atoms with Crippen molar-refractivity contribution in [3.63, 3.8) is 0 Å². The van der Waals surface area contributed by atoms with E-state index in [1.54, 1.807) is 12.3 Å². The highest BCUT2D eigenvalue weighted by Crippen LogP contribution is 2.32. The number of ketones is 1. The molecule has 0 amide bonds. The predicted molar refractivity (Wildman–Crippen MR) is 135 cm³/mol. The van der Waals surface area contributed by atoms with Crippen molar-refractivity contribution < 1.29 is 18.0 Å². The van der Waals surface area contributed by atoms with Crippen LogP contribution in [-0.2, 0) is 25.6 Å². The Morgan fingerprint density at radius 1 is 0.946 bits per heavy atom. The zero-order valence-electron chi connectivity index (χ0n) is 19.8. The Balaban J connectivity index is 1.28. The van der Waals surface area contributed by atoms with Gasteiger partial charge in [0, 0.05) is 30.8 Å². The molecule has 4 aromatic rings. The lowest BCUT2D eigenvalue weighted by molar-refractivity contribution is -0.137. The van der Waals surface area contributed by atoms with Crippen LogP contribution in [0.25, 0.3) is 5.57 Å². The molecule has 2 heterocycles. The topological polar surface area (TPSA) is 52.0 Å². The molecule has 0 bridgehead atoms. The number of Topliss-reactive ketones (excluding diaryl/α,β-unsaturated/α-hetero) is 1. The van der Waals surface area contributed by atoms with Crippen LogP contribution in [0.2, 0.25) is 0 Å². The van der Waals surface area contributed by atoms with Crippen LogP contribution in [0, 0.1) is 0 Å². The molecule has 0 radical (unpaired) electrons. The number of nitrogens with zero attached hydrogens (tertiary/aromatic N) is 2. The highest BCUT2D eigenvalue weighted by molar-refractivity contribution is 5.95. The standard InChI is InChI=1S/C30H23F3N2O2/c31-30(32,33)23-11-8-21(9-12-23)19-35-17-3-7-26(29(35)37)28(36)15-10-20-4-1-5-22(18-20)24-13-14-27-25(24)6-2-16-34-27/h1-9,11-13,16-18H,10,14-15,19H2. The zero-order chi connectivity index (χ0) is 26.0. The molecular weight excluding hydrogens is 477 g/mol. The van der Waals surface area contributed by atoms with Crippen molar-refractivity contribution in [3.8, 4) is 0 Å². The van der Waals surface area contributed by atoms with Gasteiger partial charge in [0.2, 0.25) is 0 Å². The second-order valence-corrected chi connectivity index (χ2v) is 8.99. The van der Waals surface area contributed by atoms with Crippen molar-refractivity contribution in [1.29, 1.82) is 0 Å². The van der Waals surface area contributed by atoms with E-state index in [1.807, 2.05) is 24.3 Å². The van der Waals surface area contributed by atoms with E-state index < -0.39 is 17.3 Å². The summed E-state index contributed by atoms with van der Waals surface area (Å²) in [5.74, 6) is -0.271. The Bertz CT molecular complexity index is 1550. The van der Waals surface area contributed by atoms with Crippen LogP contribution in [-0.4, -0.2) is 15.3 Å². The van der Waals surface area contributed by atoms with Gasteiger partial charge in [-0.2, -0.15) is 13.2 Å². The number of halogens is 3. The molecule has 0 unspecified atom stereocenters. The number of aryl methyl sites for hydroxylation is 1. The third kappa shape index (κ3) is 5.31. The Labute approximate surface area is 211 Å². The van der Waals surface area contributed by atoms with Gasteiger partial charge in [-0.1, -0.05) is 48.5 Å². The lowest BCUT2D eigenvalue weighted by Crippen LogP contribution is -2.26. The number of carbonyl (C=O) groups is 1. The maximum absolute atomic E-state index is 12.9. The molecule has 37 heavy (non-hydrogen) atoms. The number of pyridine rings is 2. The van der Waals surface area contributed by atoms with E-state index in [0.29, 0.717) is 12.0 Å². The Hall–Kier alpha value is -4.26. The molecule has 186 valence electrons. The lowest BCUT2D eigenvalue weighted by atomic mass is 9.97. The number of hydrogen-bond donors (Lipinski definition) is 0. The number of fused-ring (bicyclic) bond motifs is 1. The van der Waals surface area contributed by atoms with Gasteiger partial charge in [-0.25, -0.2) is 0 Å². The van der Waals surface area contributed by atoms with Gasteiger partial charge in [0.15, 0.2) is 5.78 Å². The average molecular weight is 501 g/mol. The Morgan fingerprint density at radius 3 is 2.54 bits per heavy atom. The minimum Gasteiger partial charge on any atom is -0.310 e. The fourth-order valence-electron chi connectivity index (χ4n) is 4.58. The quantitative estimate of drug-likeness (QED) is 0.288. The number of hydrogen-bond acceptors (Lipinski definition) is 3. The first-order chi connectivity index (χ1) is 17.8. The van der Waals surface area contributed by atoms with Gasteiger partial charge in [-0.05, 0) is 59.0 Å². The summed E-state index contributed by atoms with van der Waals surface area (Å²) in [7, 11) is 0. The van der Waals surface area contributed by atoms with E-state index in [9.17, 15) is 22.8 Å². The Morgan fingerprint density at radius 2 is 1.76 bits per heavy atom. The molecule has 2 aromatic heterocycles. The van der Waals surface area contributed by atoms with Crippen molar-refractivity contribution in [2.75, 3.05) is 0 Å². The maximum Gasteiger partial charge on any atom is 0.416 e. The first-order valence-corrected chi connectivity index (χ1v) is 11.9. The maximum atomic E-state index is 12.9. The van der Waals surface area contributed by atoms with E-state index in [1.165, 1.54) is 29.0 Å². The first kappa shape index (κ1) is 24.4. The lowest BCUT2D eigenvalue weighted by Gasteiger charge is -2.10. The van der Waals surface area contributed by atoms with Crippen LogP contribution in [0.1, 0.15) is 50.3 Å². The van der Waals surface area contributed by atoms with Gasteiger partial charge in [-0.3, -0.25) is 14.6 Å². The minimum absolute atomic E-state index is 0.0732. The van der Waals surface area contributed by atoms with Gasteiger partial charge in [0.05, 0.1) is 23.4 Å². The molecule has 0 saturated carbocycles. The van der Waals surface area contributed by atoms with Crippen LogP contribution in [0.15, 0.2) is 96.1 Å². The van der Waals surface area contributed by atoms with Crippen molar-refractivity contribution in [1.82, 2.24) is 9.55 Å². The SMILES string of the molecule is O=C(CCc1cccc(C2=CCc3ncccc32)c1)c1cccn(Cc2ccc(C(F)(F)F)cc2)c1=O. The highest BCUT2D eigenvalue weighted by Gasteiger charge is 2.30. The largest absolute Gasteiger partial charge is 0.416 e. The first-order valence-electron chi connectivity index (χ1n) is 11.9. The normalized spacial score (nSPS) is 12.8. The molecule has 1 aliphatic rings. The fraction of sp³-hybridized carbons (Fsp3) is 0.167. The molecule has 1 aliphatic carbocycles. The van der Waals surface area contributed by atoms with Crippen molar-refractivity contribution in [2.45, 2.75) is 32.0 Å². The molecule has 0 aliphatic heterocycles. The average Bonchev–Trinajstić information content (AvgIpc) is 3.33. The van der Waals surface area contributed by atoms with Gasteiger partial charge < -0.3 is 4.57 Å². The molecule has 2 aromatic carbocycles. The number of allylic oxidation sites excluding steroid dienone is 1. The molecule has 0 N–H and O–H groups in total. The summed E-state index contributed by atoms with van der Waals surface area (Å²) in [6.07, 6.45) is 2.50. The zero-order valence-corrected chi connectivity index (χ0v) is 19.8. The fourth-order valence-corrected chi connectivity index (χ4v) is 4.58. The monoisotopic (exact) mass is 500 g/mol. The third-order valence-electron chi connectivity index (χ3n) is 6.51. The van der Waals surface area contributed by atoms with Gasteiger partial charge in [0.25, 0.3) is 5.56 Å². The van der Waals surface area contributed by atoms with Gasteiger partial charge in [0.1, 0.15) is 0 Å². The number of aromatic nitrogens is 2. The van der Waals surface area contributed by atoms with E-state index in [-0.39, 0.29) is 24.3 Å². The van der Waals surface area contributed by atoms with Crippen LogP contribution in [0.4, 0.5) is 13.2 Å². The predicted octanol–water partition coefficient (Wildman–Crippen LogP) is 6.11. The summed E-state index contributed by atoms with van der Waals surface area (Å²) in [6, 6.07) is 19.8. The van der Waals surface area contributed by atoms with Gasteiger partial charge >= 0.3 is 6.18 Å². The molecule has 0 atom stereocenters. The Kier molecular flexibility index (Phi) is 6.61. The summed E-state index contributed by atoms with van der Waals surface area (Å²) in [6.45, 7) is 0.0750. The number of benzene rings is 2. The molecule has 0 saturated heterocycles. The van der Waals surface area contributed by atoms with Crippen molar-refractivity contribution >= 4 is 11.4 Å². The molecule has 5 rings (SSSR count). The van der Waals surface area contributed by atoms with Gasteiger partial charge in [-0.15, -0.1) is 0 Å². The van der Waals surface area contributed by atoms with Crippen molar-refractivity contribution in [3.05, 3.63) is 141 Å². The molecule has 4 nitrogen and oxygen atoms in total. The summed E-state index contributed by atoms with van der Waals surface area (Å²) in [4.78, 5) is 30.3. The smallest absolute Gasteiger partial charge is 0.310 e.